The average molecular weight is 268 g/mol. The Balaban J connectivity index is 2.79. The number of aromatic nitrogens is 1. The van der Waals surface area contributed by atoms with E-state index in [9.17, 15) is 9.59 Å². The summed E-state index contributed by atoms with van der Waals surface area (Å²) in [5, 5.41) is 11.5. The maximum Gasteiger partial charge on any atom is 0.408 e. The third kappa shape index (κ3) is 5.03. The number of rotatable bonds is 4. The summed E-state index contributed by atoms with van der Waals surface area (Å²) in [7, 11) is 1.79. The molecule has 0 aromatic carbocycles. The van der Waals surface area contributed by atoms with E-state index in [0.717, 1.165) is 0 Å². The Morgan fingerprint density at radius 1 is 1.47 bits per heavy atom. The lowest BCUT2D eigenvalue weighted by molar-refractivity contribution is -0.137. The molecule has 1 rings (SSSR count). The minimum absolute atomic E-state index is 0.197. The van der Waals surface area contributed by atoms with Crippen LogP contribution in [-0.4, -0.2) is 27.3 Å². The molecule has 0 spiro atoms. The summed E-state index contributed by atoms with van der Waals surface area (Å²) < 4.78 is 6.90. The Labute approximate surface area is 112 Å². The molecule has 0 aliphatic carbocycles. The number of nitrogens with one attached hydrogen (secondary N) is 1. The standard InChI is InChI=1S/C13H20N2O4/c1-13(2,3)19-12(18)14-9(8-11(16)17)10-6-5-7-15(10)4/h5-7,9H,8H2,1-4H3,(H,14,18)(H,16,17). The monoisotopic (exact) mass is 268 g/mol. The fourth-order valence-electron chi connectivity index (χ4n) is 1.69. The van der Waals surface area contributed by atoms with Gasteiger partial charge in [-0.1, -0.05) is 0 Å². The van der Waals surface area contributed by atoms with Crippen molar-refractivity contribution in [1.29, 1.82) is 0 Å². The first-order chi connectivity index (χ1) is 8.69. The summed E-state index contributed by atoms with van der Waals surface area (Å²) in [6, 6.07) is 2.94. The molecule has 2 N–H and O–H groups in total. The van der Waals surface area contributed by atoms with Crippen molar-refractivity contribution < 1.29 is 19.4 Å². The number of nitrogens with zero attached hydrogens (tertiary/aromatic N) is 1. The number of carboxylic acids is 1. The van der Waals surface area contributed by atoms with E-state index in [-0.39, 0.29) is 6.42 Å². The van der Waals surface area contributed by atoms with Crippen LogP contribution in [0.25, 0.3) is 0 Å². The lowest BCUT2D eigenvalue weighted by atomic mass is 10.1. The van der Waals surface area contributed by atoms with Gasteiger partial charge in [0.1, 0.15) is 5.60 Å². The van der Waals surface area contributed by atoms with Gasteiger partial charge in [-0.25, -0.2) is 4.79 Å². The number of alkyl carbamates (subject to hydrolysis) is 1. The van der Waals surface area contributed by atoms with E-state index in [1.807, 2.05) is 0 Å². The normalized spacial score (nSPS) is 12.8. The maximum absolute atomic E-state index is 11.7. The predicted molar refractivity (Wildman–Crippen MR) is 69.8 cm³/mol. The van der Waals surface area contributed by atoms with Crippen molar-refractivity contribution >= 4 is 12.1 Å². The van der Waals surface area contributed by atoms with Gasteiger partial charge in [-0.3, -0.25) is 4.79 Å². The fourth-order valence-corrected chi connectivity index (χ4v) is 1.69. The molecule has 0 aliphatic heterocycles. The molecule has 1 unspecified atom stereocenters. The van der Waals surface area contributed by atoms with Crippen molar-refractivity contribution in [2.75, 3.05) is 0 Å². The first-order valence-corrected chi connectivity index (χ1v) is 6.01. The molecule has 0 fully saturated rings. The molecule has 0 saturated carbocycles. The zero-order chi connectivity index (χ0) is 14.6. The second-order valence-corrected chi connectivity index (χ2v) is 5.34. The highest BCUT2D eigenvalue weighted by atomic mass is 16.6. The molecular formula is C13H20N2O4. The molecule has 0 bridgehead atoms. The number of carboxylic acid groups (broad SMARTS) is 1. The molecule has 6 heteroatoms. The molecule has 6 nitrogen and oxygen atoms in total. The van der Waals surface area contributed by atoms with Gasteiger partial charge < -0.3 is 19.7 Å². The van der Waals surface area contributed by atoms with Crippen LogP contribution in [0, 0.1) is 0 Å². The van der Waals surface area contributed by atoms with Gasteiger partial charge in [-0.05, 0) is 32.9 Å². The van der Waals surface area contributed by atoms with E-state index in [0.29, 0.717) is 5.69 Å². The molecule has 1 aromatic rings. The van der Waals surface area contributed by atoms with Crippen LogP contribution in [0.5, 0.6) is 0 Å². The van der Waals surface area contributed by atoms with Crippen LogP contribution in [0.3, 0.4) is 0 Å². The van der Waals surface area contributed by atoms with Gasteiger partial charge in [0.15, 0.2) is 0 Å². The van der Waals surface area contributed by atoms with Gasteiger partial charge in [0.05, 0.1) is 12.5 Å². The van der Waals surface area contributed by atoms with Crippen LogP contribution >= 0.6 is 0 Å². The number of aryl methyl sites for hydroxylation is 1. The Morgan fingerprint density at radius 2 is 2.11 bits per heavy atom. The molecule has 106 valence electrons. The molecule has 1 amide bonds. The van der Waals surface area contributed by atoms with E-state index >= 15 is 0 Å². The highest BCUT2D eigenvalue weighted by molar-refractivity contribution is 5.72. The molecule has 19 heavy (non-hydrogen) atoms. The number of ether oxygens (including phenoxy) is 1. The van der Waals surface area contributed by atoms with Crippen LogP contribution in [-0.2, 0) is 16.6 Å². The Bertz CT molecular complexity index is 459. The number of carbonyl (C=O) groups is 2. The fraction of sp³-hybridized carbons (Fsp3) is 0.538. The second kappa shape index (κ2) is 5.77. The predicted octanol–water partition coefficient (Wildman–Crippen LogP) is 2.07. The maximum atomic E-state index is 11.7. The van der Waals surface area contributed by atoms with Gasteiger partial charge >= 0.3 is 12.1 Å². The van der Waals surface area contributed by atoms with Gasteiger partial charge in [0, 0.05) is 18.9 Å². The number of carbonyl (C=O) groups excluding carboxylic acids is 1. The zero-order valence-electron chi connectivity index (χ0n) is 11.6. The van der Waals surface area contributed by atoms with Crippen LogP contribution in [0.15, 0.2) is 18.3 Å². The third-order valence-electron chi connectivity index (χ3n) is 2.41. The Kier molecular flexibility index (Phi) is 4.58. The SMILES string of the molecule is Cn1cccc1C(CC(=O)O)NC(=O)OC(C)(C)C. The molecule has 1 heterocycles. The van der Waals surface area contributed by atoms with Gasteiger partial charge in [-0.2, -0.15) is 0 Å². The number of hydrogen-bond donors (Lipinski definition) is 2. The largest absolute Gasteiger partial charge is 0.481 e. The molecule has 1 atom stereocenters. The summed E-state index contributed by atoms with van der Waals surface area (Å²) in [5.41, 5.74) is 0.0970. The number of aliphatic carboxylic acids is 1. The molecule has 1 aromatic heterocycles. The summed E-state index contributed by atoms with van der Waals surface area (Å²) in [4.78, 5) is 22.6. The van der Waals surface area contributed by atoms with E-state index in [1.54, 1.807) is 50.7 Å². The topological polar surface area (TPSA) is 80.6 Å². The van der Waals surface area contributed by atoms with Crippen molar-refractivity contribution in [1.82, 2.24) is 9.88 Å². The summed E-state index contributed by atoms with van der Waals surface area (Å²) >= 11 is 0. The van der Waals surface area contributed by atoms with Crippen LogP contribution in [0.4, 0.5) is 4.79 Å². The van der Waals surface area contributed by atoms with Crippen LogP contribution in [0.1, 0.15) is 38.9 Å². The van der Waals surface area contributed by atoms with Gasteiger partial charge in [0.25, 0.3) is 0 Å². The summed E-state index contributed by atoms with van der Waals surface area (Å²) in [6.07, 6.45) is 0.970. The van der Waals surface area contributed by atoms with E-state index < -0.39 is 23.7 Å². The van der Waals surface area contributed by atoms with Gasteiger partial charge in [0.2, 0.25) is 0 Å². The van der Waals surface area contributed by atoms with Crippen molar-refractivity contribution in [3.05, 3.63) is 24.0 Å². The molecule has 0 radical (unpaired) electrons. The van der Waals surface area contributed by atoms with E-state index in [1.165, 1.54) is 0 Å². The molecule has 0 aliphatic rings. The first-order valence-electron chi connectivity index (χ1n) is 6.01. The molecule has 0 saturated heterocycles. The number of amides is 1. The van der Waals surface area contributed by atoms with Crippen molar-refractivity contribution in [2.45, 2.75) is 38.8 Å². The lowest BCUT2D eigenvalue weighted by Gasteiger charge is -2.23. The van der Waals surface area contributed by atoms with Crippen molar-refractivity contribution in [2.24, 2.45) is 7.05 Å². The van der Waals surface area contributed by atoms with Crippen molar-refractivity contribution in [3.63, 3.8) is 0 Å². The highest BCUT2D eigenvalue weighted by Gasteiger charge is 2.23. The zero-order valence-corrected chi connectivity index (χ0v) is 11.6. The lowest BCUT2D eigenvalue weighted by Crippen LogP contribution is -2.36. The highest BCUT2D eigenvalue weighted by Crippen LogP contribution is 2.18. The molecular weight excluding hydrogens is 248 g/mol. The van der Waals surface area contributed by atoms with Gasteiger partial charge in [-0.15, -0.1) is 0 Å². The minimum atomic E-state index is -0.984. The van der Waals surface area contributed by atoms with Crippen LogP contribution < -0.4 is 5.32 Å². The first kappa shape index (κ1) is 15.1. The third-order valence-corrected chi connectivity index (χ3v) is 2.41. The summed E-state index contributed by atoms with van der Waals surface area (Å²) in [6.45, 7) is 5.25. The Morgan fingerprint density at radius 3 is 2.53 bits per heavy atom. The quantitative estimate of drug-likeness (QED) is 0.876. The average Bonchev–Trinajstić information content (AvgIpc) is 2.59. The minimum Gasteiger partial charge on any atom is -0.481 e. The number of hydrogen-bond acceptors (Lipinski definition) is 3. The Hall–Kier alpha value is -1.98. The van der Waals surface area contributed by atoms with Crippen molar-refractivity contribution in [3.8, 4) is 0 Å². The second-order valence-electron chi connectivity index (χ2n) is 5.34. The van der Waals surface area contributed by atoms with E-state index in [2.05, 4.69) is 5.32 Å². The van der Waals surface area contributed by atoms with Crippen LogP contribution in [0.2, 0.25) is 0 Å². The smallest absolute Gasteiger partial charge is 0.408 e. The van der Waals surface area contributed by atoms with E-state index in [4.69, 9.17) is 9.84 Å². The summed E-state index contributed by atoms with van der Waals surface area (Å²) in [5.74, 6) is -0.984.